The SMILES string of the molecule is CCC(C)C1(O)C2CC3CC1CC(COCC(F)(F)SOO[O-])(C3)C2. The van der Waals surface area contributed by atoms with Gasteiger partial charge in [0.1, 0.15) is 18.6 Å². The van der Waals surface area contributed by atoms with Crippen LogP contribution in [0.5, 0.6) is 0 Å². The molecule has 0 heterocycles. The van der Waals surface area contributed by atoms with E-state index < -0.39 is 17.5 Å². The van der Waals surface area contributed by atoms with E-state index in [0.29, 0.717) is 5.92 Å². The summed E-state index contributed by atoms with van der Waals surface area (Å²) < 4.78 is 36.1. The van der Waals surface area contributed by atoms with E-state index >= 15 is 0 Å². The summed E-state index contributed by atoms with van der Waals surface area (Å²) in [6.07, 6.45) is 5.72. The molecule has 0 spiro atoms. The fraction of sp³-hybridized carbons (Fsp3) is 1.00. The Bertz CT molecular complexity index is 462. The summed E-state index contributed by atoms with van der Waals surface area (Å²) in [5.74, 6) is 1.30. The summed E-state index contributed by atoms with van der Waals surface area (Å²) >= 11 is -0.331. The number of rotatable bonds is 9. The van der Waals surface area contributed by atoms with Gasteiger partial charge in [-0.1, -0.05) is 20.3 Å². The lowest BCUT2D eigenvalue weighted by atomic mass is 9.43. The standard InChI is InChI=1S/C17H28F2O5S/c1-3-11(2)17(20)13-4-12-5-14(17)8-15(6-12,7-13)9-22-10-16(18,19)25-24-23-21/h11-14,20-21H,3-10H2,1-2H3/p-1. The fourth-order valence-corrected chi connectivity index (χ4v) is 6.22. The zero-order chi connectivity index (χ0) is 18.3. The van der Waals surface area contributed by atoms with Crippen molar-refractivity contribution >= 4 is 12.0 Å². The highest BCUT2D eigenvalue weighted by molar-refractivity contribution is 7.95. The van der Waals surface area contributed by atoms with Crippen LogP contribution in [-0.2, 0) is 14.1 Å². The van der Waals surface area contributed by atoms with Crippen molar-refractivity contribution in [1.82, 2.24) is 0 Å². The average molecular weight is 381 g/mol. The molecule has 4 aliphatic rings. The minimum Gasteiger partial charge on any atom is -0.691 e. The van der Waals surface area contributed by atoms with Crippen molar-refractivity contribution in [2.24, 2.45) is 29.1 Å². The van der Waals surface area contributed by atoms with Gasteiger partial charge in [0.15, 0.2) is 0 Å². The molecule has 1 N–H and O–H groups in total. The van der Waals surface area contributed by atoms with Gasteiger partial charge in [0.05, 0.1) is 12.2 Å². The average Bonchev–Trinajstić information content (AvgIpc) is 2.56. The molecule has 4 aliphatic carbocycles. The maximum Gasteiger partial charge on any atom is 0.343 e. The van der Waals surface area contributed by atoms with E-state index in [-0.39, 0.29) is 41.8 Å². The van der Waals surface area contributed by atoms with E-state index in [2.05, 4.69) is 23.2 Å². The van der Waals surface area contributed by atoms with Gasteiger partial charge in [-0.25, -0.2) is 0 Å². The van der Waals surface area contributed by atoms with Crippen LogP contribution in [0.4, 0.5) is 8.78 Å². The number of halogens is 2. The van der Waals surface area contributed by atoms with Crippen LogP contribution in [0, 0.1) is 29.1 Å². The van der Waals surface area contributed by atoms with E-state index in [4.69, 9.17) is 4.74 Å². The predicted molar refractivity (Wildman–Crippen MR) is 85.9 cm³/mol. The normalized spacial score (nSPS) is 41.3. The molecule has 4 saturated carbocycles. The molecule has 0 aromatic carbocycles. The van der Waals surface area contributed by atoms with Crippen molar-refractivity contribution in [1.29, 1.82) is 0 Å². The maximum absolute atomic E-state index is 13.5. The Balaban J connectivity index is 1.61. The van der Waals surface area contributed by atoms with Crippen molar-refractivity contribution < 1.29 is 33.3 Å². The largest absolute Gasteiger partial charge is 0.691 e. The molecular formula is C17H27F2O5S-. The van der Waals surface area contributed by atoms with Crippen LogP contribution in [0.3, 0.4) is 0 Å². The molecule has 4 fully saturated rings. The van der Waals surface area contributed by atoms with Crippen LogP contribution >= 0.6 is 12.0 Å². The van der Waals surface area contributed by atoms with Gasteiger partial charge < -0.3 is 15.1 Å². The Morgan fingerprint density at radius 1 is 1.28 bits per heavy atom. The Kier molecular flexibility index (Phi) is 5.69. The van der Waals surface area contributed by atoms with Crippen LogP contribution in [0.1, 0.15) is 52.4 Å². The van der Waals surface area contributed by atoms with Crippen molar-refractivity contribution in [3.05, 3.63) is 0 Å². The summed E-state index contributed by atoms with van der Waals surface area (Å²) in [5.41, 5.74) is -0.721. The molecule has 4 rings (SSSR count). The first kappa shape index (κ1) is 19.8. The first-order chi connectivity index (χ1) is 11.7. The zero-order valence-corrected chi connectivity index (χ0v) is 15.5. The van der Waals surface area contributed by atoms with Gasteiger partial charge in [-0.2, -0.15) is 13.1 Å². The number of aliphatic hydroxyl groups is 1. The number of hydrogen-bond donors (Lipinski definition) is 1. The molecule has 0 saturated heterocycles. The smallest absolute Gasteiger partial charge is 0.343 e. The molecule has 0 aromatic heterocycles. The molecule has 0 amide bonds. The summed E-state index contributed by atoms with van der Waals surface area (Å²) in [6, 6.07) is 0. The predicted octanol–water partition coefficient (Wildman–Crippen LogP) is 3.07. The van der Waals surface area contributed by atoms with Crippen LogP contribution in [0.25, 0.3) is 0 Å². The van der Waals surface area contributed by atoms with Crippen molar-refractivity contribution in [2.45, 2.75) is 63.2 Å². The van der Waals surface area contributed by atoms with Crippen molar-refractivity contribution in [3.8, 4) is 0 Å². The molecule has 0 aliphatic heterocycles. The molecule has 5 nitrogen and oxygen atoms in total. The van der Waals surface area contributed by atoms with Crippen molar-refractivity contribution in [2.75, 3.05) is 13.2 Å². The lowest BCUT2D eigenvalue weighted by Crippen LogP contribution is -2.64. The van der Waals surface area contributed by atoms with Gasteiger partial charge in [0, 0.05) is 0 Å². The summed E-state index contributed by atoms with van der Waals surface area (Å²) in [5, 5.41) is 20.7. The molecule has 8 heteroatoms. The van der Waals surface area contributed by atoms with E-state index in [1.165, 1.54) is 0 Å². The number of hydrogen-bond acceptors (Lipinski definition) is 6. The van der Waals surface area contributed by atoms with Crippen LogP contribution in [-0.4, -0.2) is 29.2 Å². The Labute approximate surface area is 151 Å². The summed E-state index contributed by atoms with van der Waals surface area (Å²) in [4.78, 5) is 0. The molecule has 3 atom stereocenters. The van der Waals surface area contributed by atoms with Gasteiger partial charge >= 0.3 is 5.25 Å². The highest BCUT2D eigenvalue weighted by atomic mass is 32.2. The van der Waals surface area contributed by atoms with Gasteiger partial charge in [0.2, 0.25) is 0 Å². The summed E-state index contributed by atoms with van der Waals surface area (Å²) in [7, 11) is 0. The lowest BCUT2D eigenvalue weighted by Gasteiger charge is -2.65. The second kappa shape index (κ2) is 7.20. The van der Waals surface area contributed by atoms with E-state index in [1.807, 2.05) is 0 Å². The highest BCUT2D eigenvalue weighted by Gasteiger charge is 2.62. The first-order valence-corrected chi connectivity index (χ1v) is 9.81. The first-order valence-electron chi connectivity index (χ1n) is 9.07. The van der Waals surface area contributed by atoms with Gasteiger partial charge in [-0.3, -0.25) is 5.04 Å². The number of alkyl halides is 2. The minimum absolute atomic E-state index is 0.104. The molecular weight excluding hydrogens is 354 g/mol. The quantitative estimate of drug-likeness (QED) is 0.376. The Morgan fingerprint density at radius 2 is 1.92 bits per heavy atom. The molecule has 0 radical (unpaired) electrons. The zero-order valence-electron chi connectivity index (χ0n) is 14.7. The third-order valence-electron chi connectivity index (χ3n) is 6.89. The molecule has 146 valence electrons. The Morgan fingerprint density at radius 3 is 2.48 bits per heavy atom. The maximum atomic E-state index is 13.5. The lowest BCUT2D eigenvalue weighted by molar-refractivity contribution is -0.777. The molecule has 3 unspecified atom stereocenters. The van der Waals surface area contributed by atoms with Gasteiger partial charge in [0.25, 0.3) is 0 Å². The molecule has 4 bridgehead atoms. The van der Waals surface area contributed by atoms with Crippen LogP contribution in [0.15, 0.2) is 0 Å². The van der Waals surface area contributed by atoms with Gasteiger partial charge in [-0.05, 0) is 61.2 Å². The second-order valence-corrected chi connectivity index (χ2v) is 9.29. The molecule has 25 heavy (non-hydrogen) atoms. The van der Waals surface area contributed by atoms with Crippen molar-refractivity contribution in [3.63, 3.8) is 0 Å². The van der Waals surface area contributed by atoms with E-state index in [1.54, 1.807) is 0 Å². The molecule has 0 aromatic rings. The third kappa shape index (κ3) is 3.71. The topological polar surface area (TPSA) is 71.0 Å². The monoisotopic (exact) mass is 381 g/mol. The third-order valence-corrected chi connectivity index (χ3v) is 7.37. The summed E-state index contributed by atoms with van der Waals surface area (Å²) in [6.45, 7) is 3.68. The van der Waals surface area contributed by atoms with Crippen LogP contribution < -0.4 is 5.26 Å². The Hall–Kier alpha value is 0.01000. The van der Waals surface area contributed by atoms with E-state index in [9.17, 15) is 19.1 Å². The second-order valence-electron chi connectivity index (χ2n) is 8.39. The fourth-order valence-electron chi connectivity index (χ4n) is 5.96. The van der Waals surface area contributed by atoms with E-state index in [0.717, 1.165) is 38.5 Å². The highest BCUT2D eigenvalue weighted by Crippen LogP contribution is 2.65. The van der Waals surface area contributed by atoms with Crippen LogP contribution in [0.2, 0.25) is 0 Å². The van der Waals surface area contributed by atoms with Gasteiger partial charge in [-0.15, -0.1) is 0 Å². The number of ether oxygens (including phenoxy) is 1. The minimum atomic E-state index is -3.33.